The Bertz CT molecular complexity index is 370. The quantitative estimate of drug-likeness (QED) is 0.405. The summed E-state index contributed by atoms with van der Waals surface area (Å²) >= 11 is 0. The summed E-state index contributed by atoms with van der Waals surface area (Å²) in [6.07, 6.45) is 20.0. The van der Waals surface area contributed by atoms with Gasteiger partial charge in [-0.05, 0) is 25.3 Å². The van der Waals surface area contributed by atoms with E-state index in [0.717, 1.165) is 6.42 Å². The van der Waals surface area contributed by atoms with E-state index < -0.39 is 0 Å². The number of unbranched alkanes of at least 4 members (excludes halogenated alkanes) is 9. The fourth-order valence-corrected chi connectivity index (χ4v) is 2.97. The van der Waals surface area contributed by atoms with E-state index in [1.807, 2.05) is 0 Å². The van der Waals surface area contributed by atoms with E-state index in [2.05, 4.69) is 36.0 Å². The Morgan fingerprint density at radius 1 is 0.870 bits per heavy atom. The van der Waals surface area contributed by atoms with Gasteiger partial charge in [0.1, 0.15) is 6.54 Å². The second-order valence-corrected chi connectivity index (χ2v) is 6.46. The lowest BCUT2D eigenvalue weighted by Crippen LogP contribution is -3.00. The topological polar surface area (TPSA) is 24.1 Å². The molecule has 0 spiro atoms. The first kappa shape index (κ1) is 22.4. The summed E-state index contributed by atoms with van der Waals surface area (Å²) in [4.78, 5) is 0. The van der Waals surface area contributed by atoms with Crippen molar-refractivity contribution in [2.75, 3.05) is 6.61 Å². The molecule has 1 aromatic heterocycles. The van der Waals surface area contributed by atoms with Crippen molar-refractivity contribution < 1.29 is 22.1 Å². The molecule has 1 N–H and O–H groups in total. The van der Waals surface area contributed by atoms with Crippen LogP contribution in [0.25, 0.3) is 0 Å². The van der Waals surface area contributed by atoms with E-state index in [9.17, 15) is 0 Å². The van der Waals surface area contributed by atoms with Crippen molar-refractivity contribution in [1.82, 2.24) is 0 Å². The average molecular weight is 342 g/mol. The first-order valence-electron chi connectivity index (χ1n) is 9.45. The zero-order chi connectivity index (χ0) is 15.9. The smallest absolute Gasteiger partial charge is 0.171 e. The average Bonchev–Trinajstić information content (AvgIpc) is 2.53. The Hall–Kier alpha value is -0.600. The number of hydrogen-bond donors (Lipinski definition) is 1. The number of aliphatic hydroxyl groups excluding tert-OH is 1. The van der Waals surface area contributed by atoms with Crippen LogP contribution in [0.2, 0.25) is 0 Å². The van der Waals surface area contributed by atoms with E-state index >= 15 is 0 Å². The Morgan fingerprint density at radius 2 is 1.43 bits per heavy atom. The third kappa shape index (κ3) is 12.5. The molecule has 1 aromatic rings. The minimum Gasteiger partial charge on any atom is -1.00 e. The third-order valence-electron chi connectivity index (χ3n) is 4.28. The fraction of sp³-hybridized carbons (Fsp3) is 0.750. The van der Waals surface area contributed by atoms with Crippen molar-refractivity contribution in [1.29, 1.82) is 0 Å². The Balaban J connectivity index is 0.00000484. The van der Waals surface area contributed by atoms with E-state index in [1.165, 1.54) is 82.7 Å². The van der Waals surface area contributed by atoms with Gasteiger partial charge in [0.15, 0.2) is 12.4 Å². The lowest BCUT2D eigenvalue weighted by Gasteiger charge is -2.02. The highest BCUT2D eigenvalue weighted by atomic mass is 35.5. The largest absolute Gasteiger partial charge is 1.00 e. The molecular weight excluding hydrogens is 306 g/mol. The van der Waals surface area contributed by atoms with Crippen LogP contribution in [0.3, 0.4) is 0 Å². The first-order chi connectivity index (χ1) is 10.9. The molecule has 0 saturated heterocycles. The van der Waals surface area contributed by atoms with Crippen molar-refractivity contribution in [2.24, 2.45) is 0 Å². The van der Waals surface area contributed by atoms with Gasteiger partial charge in [-0.2, -0.15) is 0 Å². The van der Waals surface area contributed by atoms with E-state index in [4.69, 9.17) is 5.11 Å². The number of aromatic nitrogens is 1. The van der Waals surface area contributed by atoms with Crippen LogP contribution in [0.5, 0.6) is 0 Å². The first-order valence-corrected chi connectivity index (χ1v) is 9.45. The van der Waals surface area contributed by atoms with Gasteiger partial charge in [0.25, 0.3) is 0 Å². The molecule has 1 heterocycles. The molecule has 0 aromatic carbocycles. The minimum atomic E-state index is 0. The molecule has 0 unspecified atom stereocenters. The summed E-state index contributed by atoms with van der Waals surface area (Å²) in [7, 11) is 0. The summed E-state index contributed by atoms with van der Waals surface area (Å²) in [6.45, 7) is 3.77. The molecule has 0 saturated carbocycles. The molecule has 0 atom stereocenters. The molecule has 0 aliphatic rings. The van der Waals surface area contributed by atoms with Gasteiger partial charge in [-0.1, -0.05) is 58.3 Å². The van der Waals surface area contributed by atoms with Crippen LogP contribution < -0.4 is 17.0 Å². The third-order valence-corrected chi connectivity index (χ3v) is 4.28. The van der Waals surface area contributed by atoms with Crippen molar-refractivity contribution in [3.05, 3.63) is 30.1 Å². The number of rotatable bonds is 14. The molecule has 0 bridgehead atoms. The molecule has 3 heteroatoms. The van der Waals surface area contributed by atoms with Gasteiger partial charge in [-0.15, -0.1) is 0 Å². The fourth-order valence-electron chi connectivity index (χ4n) is 2.97. The number of pyridine rings is 1. The lowest BCUT2D eigenvalue weighted by molar-refractivity contribution is -0.697. The molecule has 134 valence electrons. The van der Waals surface area contributed by atoms with Crippen molar-refractivity contribution in [3.63, 3.8) is 0 Å². The predicted molar refractivity (Wildman–Crippen MR) is 93.9 cm³/mol. The van der Waals surface area contributed by atoms with Crippen LogP contribution in [-0.2, 0) is 13.0 Å². The molecule has 1 rings (SSSR count). The number of hydrogen-bond acceptors (Lipinski definition) is 1. The monoisotopic (exact) mass is 341 g/mol. The Kier molecular flexibility index (Phi) is 15.8. The summed E-state index contributed by atoms with van der Waals surface area (Å²) < 4.78 is 2.35. The van der Waals surface area contributed by atoms with Crippen molar-refractivity contribution in [3.8, 4) is 0 Å². The normalized spacial score (nSPS) is 10.5. The minimum absolute atomic E-state index is 0. The van der Waals surface area contributed by atoms with E-state index in [1.54, 1.807) is 0 Å². The van der Waals surface area contributed by atoms with Gasteiger partial charge in [0, 0.05) is 24.7 Å². The highest BCUT2D eigenvalue weighted by molar-refractivity contribution is 5.04. The molecule has 23 heavy (non-hydrogen) atoms. The summed E-state index contributed by atoms with van der Waals surface area (Å²) in [5, 5.41) is 8.71. The zero-order valence-electron chi connectivity index (χ0n) is 15.0. The Labute approximate surface area is 149 Å². The maximum Gasteiger partial charge on any atom is 0.171 e. The number of nitrogens with zero attached hydrogens (tertiary/aromatic N) is 1. The van der Waals surface area contributed by atoms with Crippen LogP contribution in [0.1, 0.15) is 83.1 Å². The van der Waals surface area contributed by atoms with Crippen molar-refractivity contribution in [2.45, 2.75) is 90.5 Å². The van der Waals surface area contributed by atoms with Gasteiger partial charge in [0.05, 0.1) is 0 Å². The van der Waals surface area contributed by atoms with Crippen LogP contribution in [-0.4, -0.2) is 11.7 Å². The second-order valence-electron chi connectivity index (χ2n) is 6.46. The summed E-state index contributed by atoms with van der Waals surface area (Å²) in [5.41, 5.74) is 1.46. The van der Waals surface area contributed by atoms with Crippen LogP contribution in [0.4, 0.5) is 0 Å². The van der Waals surface area contributed by atoms with E-state index in [-0.39, 0.29) is 12.4 Å². The van der Waals surface area contributed by atoms with Crippen molar-refractivity contribution >= 4 is 0 Å². The molecular formula is C20H36ClNO. The predicted octanol–water partition coefficient (Wildman–Crippen LogP) is 1.82. The standard InChI is InChI=1S/C20H36NO.ClH/c1-2-14-20-15-13-17-21(19-20)16-11-9-7-5-3-4-6-8-10-12-18-22;/h13,15,17,19,22H,2-12,14,16,18H2,1H3;1H/q+1;/p-1. The number of aliphatic hydroxyl groups is 1. The van der Waals surface area contributed by atoms with Crippen LogP contribution >= 0.6 is 0 Å². The van der Waals surface area contributed by atoms with Gasteiger partial charge in [-0.3, -0.25) is 0 Å². The summed E-state index contributed by atoms with van der Waals surface area (Å²) in [5.74, 6) is 0. The molecule has 0 radical (unpaired) electrons. The number of halogens is 1. The second kappa shape index (κ2) is 16.3. The van der Waals surface area contributed by atoms with E-state index in [0.29, 0.717) is 6.61 Å². The number of aryl methyl sites for hydroxylation is 2. The highest BCUT2D eigenvalue weighted by Crippen LogP contribution is 2.10. The van der Waals surface area contributed by atoms with Gasteiger partial charge >= 0.3 is 0 Å². The zero-order valence-corrected chi connectivity index (χ0v) is 15.7. The molecule has 0 aliphatic heterocycles. The van der Waals surface area contributed by atoms with Crippen LogP contribution in [0, 0.1) is 0 Å². The van der Waals surface area contributed by atoms with Gasteiger partial charge in [0.2, 0.25) is 0 Å². The summed E-state index contributed by atoms with van der Waals surface area (Å²) in [6, 6.07) is 4.42. The van der Waals surface area contributed by atoms with Gasteiger partial charge in [-0.25, -0.2) is 4.57 Å². The maximum atomic E-state index is 8.71. The van der Waals surface area contributed by atoms with Gasteiger partial charge < -0.3 is 17.5 Å². The SMILES string of the molecule is CCCc1ccc[n+](CCCCCCCCCCCCO)c1.[Cl-]. The van der Waals surface area contributed by atoms with Crippen LogP contribution in [0.15, 0.2) is 24.5 Å². The molecule has 0 aliphatic carbocycles. The molecule has 0 amide bonds. The maximum absolute atomic E-state index is 8.71. The highest BCUT2D eigenvalue weighted by Gasteiger charge is 2.02. The molecule has 0 fully saturated rings. The Morgan fingerprint density at radius 3 is 2.00 bits per heavy atom. The molecule has 2 nitrogen and oxygen atoms in total. The lowest BCUT2D eigenvalue weighted by atomic mass is 10.1.